The van der Waals surface area contributed by atoms with E-state index in [-0.39, 0.29) is 35.8 Å². The van der Waals surface area contributed by atoms with Crippen molar-refractivity contribution in [1.29, 1.82) is 5.26 Å². The van der Waals surface area contributed by atoms with Crippen molar-refractivity contribution in [3.8, 4) is 17.7 Å². The van der Waals surface area contributed by atoms with Gasteiger partial charge in [0.1, 0.15) is 18.4 Å². The summed E-state index contributed by atoms with van der Waals surface area (Å²) >= 11 is 5.56. The number of pyridine rings is 1. The maximum atomic E-state index is 12.0. The number of fused-ring (bicyclic) bond motifs is 1. The molecular weight excluding hydrogens is 358 g/mol. The third kappa shape index (κ3) is 3.98. The first-order valence-electron chi connectivity index (χ1n) is 8.21. The molecule has 2 unspecified atom stereocenters. The third-order valence-electron chi connectivity index (χ3n) is 4.21. The second kappa shape index (κ2) is 8.21. The van der Waals surface area contributed by atoms with Crippen LogP contribution in [-0.4, -0.2) is 47.7 Å². The second-order valence-electron chi connectivity index (χ2n) is 6.03. The second-order valence-corrected chi connectivity index (χ2v) is 6.41. The van der Waals surface area contributed by atoms with E-state index in [1.807, 2.05) is 6.07 Å². The lowest BCUT2D eigenvalue weighted by atomic mass is 10.1. The third-order valence-corrected chi connectivity index (χ3v) is 4.37. The van der Waals surface area contributed by atoms with Crippen LogP contribution in [0.4, 0.5) is 0 Å². The van der Waals surface area contributed by atoms with Crippen LogP contribution in [0.5, 0.6) is 11.6 Å². The van der Waals surface area contributed by atoms with Gasteiger partial charge < -0.3 is 19.9 Å². The SMILES string of the molecule is N#Cc1cc2ccnc(OCC3CC(COCCCl)C(=O)N3)c2cc1O. The lowest BCUT2D eigenvalue weighted by molar-refractivity contribution is -0.124. The van der Waals surface area contributed by atoms with Gasteiger partial charge in [0.15, 0.2) is 0 Å². The van der Waals surface area contributed by atoms with Crippen LogP contribution < -0.4 is 10.1 Å². The number of phenols is 1. The number of hydrogen-bond acceptors (Lipinski definition) is 6. The van der Waals surface area contributed by atoms with E-state index in [4.69, 9.17) is 26.3 Å². The van der Waals surface area contributed by atoms with Crippen LogP contribution in [-0.2, 0) is 9.53 Å². The normalized spacial score (nSPS) is 19.3. The fourth-order valence-corrected chi connectivity index (χ4v) is 3.04. The minimum atomic E-state index is -0.213. The Hall–Kier alpha value is -2.56. The number of nitrogens with zero attached hydrogens (tertiary/aromatic N) is 2. The monoisotopic (exact) mass is 375 g/mol. The Morgan fingerprint density at radius 1 is 1.42 bits per heavy atom. The smallest absolute Gasteiger partial charge is 0.225 e. The summed E-state index contributed by atoms with van der Waals surface area (Å²) in [7, 11) is 0. The number of halogens is 1. The summed E-state index contributed by atoms with van der Waals surface area (Å²) in [6.45, 7) is 1.01. The average Bonchev–Trinajstić information content (AvgIpc) is 2.99. The van der Waals surface area contributed by atoms with Gasteiger partial charge >= 0.3 is 0 Å². The number of benzene rings is 1. The quantitative estimate of drug-likeness (QED) is 0.566. The Morgan fingerprint density at radius 3 is 3.04 bits per heavy atom. The molecule has 1 aromatic carbocycles. The van der Waals surface area contributed by atoms with Crippen LogP contribution in [0.15, 0.2) is 24.4 Å². The van der Waals surface area contributed by atoms with Crippen LogP contribution in [0.25, 0.3) is 10.8 Å². The highest BCUT2D eigenvalue weighted by Gasteiger charge is 2.32. The first kappa shape index (κ1) is 18.2. The Labute approximate surface area is 155 Å². The standard InChI is InChI=1S/C18H18ClN3O4/c19-2-4-25-9-13-6-14(22-17(13)24)10-26-18-15-7-16(23)12(8-20)5-11(15)1-3-21-18/h1,3,5,7,13-14,23H,2,4,6,9-10H2,(H,22,24). The molecule has 1 aromatic heterocycles. The summed E-state index contributed by atoms with van der Waals surface area (Å²) in [6.07, 6.45) is 2.18. The van der Waals surface area contributed by atoms with E-state index in [9.17, 15) is 9.90 Å². The highest BCUT2D eigenvalue weighted by atomic mass is 35.5. The molecule has 2 aromatic rings. The fourth-order valence-electron chi connectivity index (χ4n) is 2.93. The van der Waals surface area contributed by atoms with Crippen LogP contribution in [0.2, 0.25) is 0 Å². The number of hydrogen-bond donors (Lipinski definition) is 2. The average molecular weight is 376 g/mol. The molecule has 2 heterocycles. The van der Waals surface area contributed by atoms with Crippen molar-refractivity contribution in [3.63, 3.8) is 0 Å². The van der Waals surface area contributed by atoms with Crippen molar-refractivity contribution in [2.75, 3.05) is 25.7 Å². The summed E-state index contributed by atoms with van der Waals surface area (Å²) in [5, 5.41) is 23.1. The topological polar surface area (TPSA) is 104 Å². The first-order valence-corrected chi connectivity index (χ1v) is 8.74. The van der Waals surface area contributed by atoms with Gasteiger partial charge in [-0.05, 0) is 30.0 Å². The van der Waals surface area contributed by atoms with Crippen molar-refractivity contribution in [2.45, 2.75) is 12.5 Å². The maximum absolute atomic E-state index is 12.0. The maximum Gasteiger partial charge on any atom is 0.225 e. The molecule has 0 aliphatic carbocycles. The Kier molecular flexibility index (Phi) is 5.76. The molecule has 0 bridgehead atoms. The van der Waals surface area contributed by atoms with Crippen LogP contribution in [0.1, 0.15) is 12.0 Å². The van der Waals surface area contributed by atoms with Gasteiger partial charge in [0.2, 0.25) is 11.8 Å². The van der Waals surface area contributed by atoms with Gasteiger partial charge in [-0.3, -0.25) is 4.79 Å². The number of ether oxygens (including phenoxy) is 2. The zero-order valence-electron chi connectivity index (χ0n) is 13.9. The van der Waals surface area contributed by atoms with E-state index >= 15 is 0 Å². The molecule has 1 saturated heterocycles. The molecule has 1 aliphatic rings. The summed E-state index contributed by atoms with van der Waals surface area (Å²) in [5.74, 6) is 0.348. The van der Waals surface area contributed by atoms with Gasteiger partial charge in [0.05, 0.1) is 30.7 Å². The molecule has 0 saturated carbocycles. The van der Waals surface area contributed by atoms with Crippen LogP contribution >= 0.6 is 11.6 Å². The molecule has 0 spiro atoms. The molecule has 7 nitrogen and oxygen atoms in total. The van der Waals surface area contributed by atoms with Crippen LogP contribution in [0.3, 0.4) is 0 Å². The van der Waals surface area contributed by atoms with E-state index in [1.54, 1.807) is 18.3 Å². The fraction of sp³-hybridized carbons (Fsp3) is 0.389. The number of carbonyl (C=O) groups excluding carboxylic acids is 1. The lowest BCUT2D eigenvalue weighted by Crippen LogP contribution is -2.31. The summed E-state index contributed by atoms with van der Waals surface area (Å²) in [6, 6.07) is 6.58. The Balaban J connectivity index is 1.66. The van der Waals surface area contributed by atoms with Crippen molar-refractivity contribution in [1.82, 2.24) is 10.3 Å². The zero-order valence-corrected chi connectivity index (χ0v) is 14.7. The molecule has 1 fully saturated rings. The summed E-state index contributed by atoms with van der Waals surface area (Å²) < 4.78 is 11.1. The molecule has 0 radical (unpaired) electrons. The number of nitriles is 1. The first-order chi connectivity index (χ1) is 12.6. The van der Waals surface area contributed by atoms with Gasteiger partial charge in [0, 0.05) is 17.5 Å². The summed E-state index contributed by atoms with van der Waals surface area (Å²) in [4.78, 5) is 16.2. The van der Waals surface area contributed by atoms with E-state index in [1.165, 1.54) is 6.07 Å². The molecule has 26 heavy (non-hydrogen) atoms. The number of aromatic hydroxyl groups is 1. The molecule has 1 amide bonds. The van der Waals surface area contributed by atoms with Gasteiger partial charge in [-0.15, -0.1) is 11.6 Å². The van der Waals surface area contributed by atoms with Crippen molar-refractivity contribution in [2.24, 2.45) is 5.92 Å². The van der Waals surface area contributed by atoms with Crippen molar-refractivity contribution < 1.29 is 19.4 Å². The highest BCUT2D eigenvalue weighted by molar-refractivity contribution is 6.17. The van der Waals surface area contributed by atoms with Crippen molar-refractivity contribution >= 4 is 28.3 Å². The number of amides is 1. The van der Waals surface area contributed by atoms with E-state index < -0.39 is 0 Å². The number of nitrogens with one attached hydrogen (secondary N) is 1. The molecular formula is C18H18ClN3O4. The number of carbonyl (C=O) groups is 1. The van der Waals surface area contributed by atoms with E-state index in [0.29, 0.717) is 36.8 Å². The van der Waals surface area contributed by atoms with Crippen molar-refractivity contribution in [3.05, 3.63) is 30.0 Å². The van der Waals surface area contributed by atoms with E-state index in [2.05, 4.69) is 10.3 Å². The van der Waals surface area contributed by atoms with Crippen LogP contribution in [0, 0.1) is 17.2 Å². The zero-order chi connectivity index (χ0) is 18.5. The van der Waals surface area contributed by atoms with Gasteiger partial charge in [-0.2, -0.15) is 5.26 Å². The molecule has 8 heteroatoms. The number of aromatic nitrogens is 1. The minimum Gasteiger partial charge on any atom is -0.507 e. The van der Waals surface area contributed by atoms with Gasteiger partial charge in [-0.1, -0.05) is 0 Å². The lowest BCUT2D eigenvalue weighted by Gasteiger charge is -2.13. The highest BCUT2D eigenvalue weighted by Crippen LogP contribution is 2.30. The Bertz CT molecular complexity index is 852. The molecule has 1 aliphatic heterocycles. The number of rotatable bonds is 7. The molecule has 3 rings (SSSR count). The minimum absolute atomic E-state index is 0.0599. The van der Waals surface area contributed by atoms with E-state index in [0.717, 1.165) is 5.39 Å². The van der Waals surface area contributed by atoms with Gasteiger partial charge in [-0.25, -0.2) is 4.98 Å². The molecule has 136 valence electrons. The molecule has 2 N–H and O–H groups in total. The van der Waals surface area contributed by atoms with Gasteiger partial charge in [0.25, 0.3) is 0 Å². The predicted molar refractivity (Wildman–Crippen MR) is 95.2 cm³/mol. The largest absolute Gasteiger partial charge is 0.507 e. The number of alkyl halides is 1. The molecule has 2 atom stereocenters. The number of phenolic OH excluding ortho intramolecular Hbond substituents is 1. The predicted octanol–water partition coefficient (Wildman–Crippen LogP) is 1.95. The Morgan fingerprint density at radius 2 is 2.27 bits per heavy atom. The summed E-state index contributed by atoms with van der Waals surface area (Å²) in [5.41, 5.74) is 0.192.